The van der Waals surface area contributed by atoms with Crippen LogP contribution in [0.4, 0.5) is 0 Å². The van der Waals surface area contributed by atoms with Crippen molar-refractivity contribution in [3.8, 4) is 0 Å². The average Bonchev–Trinajstić information content (AvgIpc) is 2.92. The number of carbonyl (C=O) groups is 1. The Hall–Kier alpha value is -2.64. The van der Waals surface area contributed by atoms with Crippen molar-refractivity contribution in [3.63, 3.8) is 0 Å². The molecule has 1 fully saturated rings. The van der Waals surface area contributed by atoms with Gasteiger partial charge in [0.1, 0.15) is 5.69 Å². The molecule has 1 aromatic heterocycles. The van der Waals surface area contributed by atoms with E-state index in [-0.39, 0.29) is 10.8 Å². The number of amides is 1. The molecule has 6 nitrogen and oxygen atoms in total. The number of carbonyl (C=O) groups excluding carboxylic acids is 1. The molecule has 3 aromatic rings. The van der Waals surface area contributed by atoms with Crippen LogP contribution in [-0.2, 0) is 16.6 Å². The molecule has 2 heterocycles. The van der Waals surface area contributed by atoms with Crippen LogP contribution in [0.15, 0.2) is 59.5 Å². The van der Waals surface area contributed by atoms with Gasteiger partial charge < -0.3 is 9.47 Å². The molecule has 0 aliphatic carbocycles. The summed E-state index contributed by atoms with van der Waals surface area (Å²) in [5.41, 5.74) is 2.56. The van der Waals surface area contributed by atoms with E-state index in [0.717, 1.165) is 55.2 Å². The first-order valence-corrected chi connectivity index (χ1v) is 12.2. The molecule has 0 N–H and O–H groups in total. The number of sulfonamides is 1. The zero-order valence-electron chi connectivity index (χ0n) is 18.1. The van der Waals surface area contributed by atoms with Crippen molar-refractivity contribution in [2.24, 2.45) is 0 Å². The van der Waals surface area contributed by atoms with Crippen molar-refractivity contribution < 1.29 is 13.2 Å². The molecule has 4 rings (SSSR count). The number of likely N-dealkylation sites (tertiary alicyclic amines) is 1. The Bertz CT molecular complexity index is 1180. The van der Waals surface area contributed by atoms with Gasteiger partial charge in [-0.1, -0.05) is 43.2 Å². The summed E-state index contributed by atoms with van der Waals surface area (Å²) in [5.74, 6) is 0.0195. The lowest BCUT2D eigenvalue weighted by atomic mass is 10.2. The molecule has 0 bridgehead atoms. The van der Waals surface area contributed by atoms with Crippen LogP contribution in [0.25, 0.3) is 10.9 Å². The second kappa shape index (κ2) is 8.85. The van der Waals surface area contributed by atoms with E-state index in [0.29, 0.717) is 12.2 Å². The first-order valence-electron chi connectivity index (χ1n) is 10.8. The summed E-state index contributed by atoms with van der Waals surface area (Å²) in [6, 6.07) is 17.0. The van der Waals surface area contributed by atoms with Crippen molar-refractivity contribution in [3.05, 3.63) is 65.9 Å². The summed E-state index contributed by atoms with van der Waals surface area (Å²) in [7, 11) is -0.503. The van der Waals surface area contributed by atoms with Crippen molar-refractivity contribution in [1.82, 2.24) is 13.8 Å². The number of hydrogen-bond donors (Lipinski definition) is 0. The standard InChI is InChI=1S/C24H29N3O3S/c1-25(2)31(29,30)21-12-13-22-20(16-21)17-23(24(28)26-14-8-3-4-9-15-26)27(22)18-19-10-6-5-7-11-19/h5-7,10-13,16-17H,3-4,8-9,14-15,18H2,1-2H3. The highest BCUT2D eigenvalue weighted by Gasteiger charge is 2.24. The Morgan fingerprint density at radius 1 is 0.935 bits per heavy atom. The fraction of sp³-hybridized carbons (Fsp3) is 0.375. The van der Waals surface area contributed by atoms with Gasteiger partial charge in [-0.2, -0.15) is 0 Å². The van der Waals surface area contributed by atoms with Crippen LogP contribution < -0.4 is 0 Å². The monoisotopic (exact) mass is 439 g/mol. The molecule has 164 valence electrons. The normalized spacial score (nSPS) is 15.4. The molecule has 1 amide bonds. The van der Waals surface area contributed by atoms with Crippen LogP contribution in [0.5, 0.6) is 0 Å². The molecule has 2 aromatic carbocycles. The highest BCUT2D eigenvalue weighted by molar-refractivity contribution is 7.89. The number of rotatable bonds is 5. The van der Waals surface area contributed by atoms with E-state index in [4.69, 9.17) is 0 Å². The van der Waals surface area contributed by atoms with E-state index in [1.165, 1.54) is 18.4 Å². The Morgan fingerprint density at radius 2 is 1.61 bits per heavy atom. The molecule has 0 saturated carbocycles. The lowest BCUT2D eigenvalue weighted by Gasteiger charge is -2.21. The van der Waals surface area contributed by atoms with Crippen molar-refractivity contribution in [1.29, 1.82) is 0 Å². The summed E-state index contributed by atoms with van der Waals surface area (Å²) in [6.45, 7) is 2.09. The van der Waals surface area contributed by atoms with Crippen LogP contribution in [0.1, 0.15) is 41.7 Å². The third kappa shape index (κ3) is 4.38. The Morgan fingerprint density at radius 3 is 2.26 bits per heavy atom. The van der Waals surface area contributed by atoms with Crippen LogP contribution in [-0.4, -0.2) is 55.3 Å². The zero-order valence-corrected chi connectivity index (χ0v) is 18.9. The summed E-state index contributed by atoms with van der Waals surface area (Å²) >= 11 is 0. The Kier molecular flexibility index (Phi) is 6.16. The number of fused-ring (bicyclic) bond motifs is 1. The van der Waals surface area contributed by atoms with E-state index in [2.05, 4.69) is 0 Å². The summed E-state index contributed by atoms with van der Waals surface area (Å²) < 4.78 is 28.5. The largest absolute Gasteiger partial charge is 0.337 e. The van der Waals surface area contributed by atoms with Gasteiger partial charge in [0.2, 0.25) is 10.0 Å². The predicted molar refractivity (Wildman–Crippen MR) is 123 cm³/mol. The van der Waals surface area contributed by atoms with E-state index >= 15 is 0 Å². The number of hydrogen-bond acceptors (Lipinski definition) is 3. The zero-order chi connectivity index (χ0) is 22.0. The fourth-order valence-electron chi connectivity index (χ4n) is 4.17. The number of aromatic nitrogens is 1. The molecule has 0 atom stereocenters. The fourth-order valence-corrected chi connectivity index (χ4v) is 5.11. The van der Waals surface area contributed by atoms with Gasteiger partial charge in [-0.05, 0) is 42.7 Å². The first-order chi connectivity index (χ1) is 14.9. The number of nitrogens with zero attached hydrogens (tertiary/aromatic N) is 3. The smallest absolute Gasteiger partial charge is 0.270 e. The maximum Gasteiger partial charge on any atom is 0.270 e. The first kappa shape index (κ1) is 21.6. The van der Waals surface area contributed by atoms with Gasteiger partial charge in [-0.15, -0.1) is 0 Å². The van der Waals surface area contributed by atoms with Gasteiger partial charge in [-0.25, -0.2) is 12.7 Å². The molecule has 0 radical (unpaired) electrons. The highest BCUT2D eigenvalue weighted by Crippen LogP contribution is 2.27. The van der Waals surface area contributed by atoms with Gasteiger partial charge in [-0.3, -0.25) is 4.79 Å². The third-order valence-corrected chi connectivity index (χ3v) is 7.76. The molecule has 7 heteroatoms. The minimum atomic E-state index is -3.55. The van der Waals surface area contributed by atoms with Crippen LogP contribution in [0.3, 0.4) is 0 Å². The van der Waals surface area contributed by atoms with E-state index in [9.17, 15) is 13.2 Å². The predicted octanol–water partition coefficient (Wildman–Crippen LogP) is 3.96. The quantitative estimate of drug-likeness (QED) is 0.605. The van der Waals surface area contributed by atoms with E-state index in [1.807, 2.05) is 51.9 Å². The topological polar surface area (TPSA) is 62.6 Å². The second-order valence-electron chi connectivity index (χ2n) is 8.32. The van der Waals surface area contributed by atoms with E-state index in [1.54, 1.807) is 12.1 Å². The highest BCUT2D eigenvalue weighted by atomic mass is 32.2. The number of benzene rings is 2. The average molecular weight is 440 g/mol. The van der Waals surface area contributed by atoms with Gasteiger partial charge in [0.15, 0.2) is 0 Å². The van der Waals surface area contributed by atoms with Crippen LogP contribution in [0, 0.1) is 0 Å². The van der Waals surface area contributed by atoms with E-state index < -0.39 is 10.0 Å². The molecule has 0 unspecified atom stereocenters. The minimum absolute atomic E-state index is 0.0195. The summed E-state index contributed by atoms with van der Waals surface area (Å²) in [5, 5.41) is 0.761. The molecule has 1 aliphatic heterocycles. The van der Waals surface area contributed by atoms with Crippen molar-refractivity contribution in [2.75, 3.05) is 27.2 Å². The molecule has 0 spiro atoms. The lowest BCUT2D eigenvalue weighted by molar-refractivity contribution is 0.0752. The minimum Gasteiger partial charge on any atom is -0.337 e. The Labute approximate surface area is 184 Å². The van der Waals surface area contributed by atoms with Gasteiger partial charge >= 0.3 is 0 Å². The molecule has 1 saturated heterocycles. The summed E-state index contributed by atoms with van der Waals surface area (Å²) in [6.07, 6.45) is 4.36. The summed E-state index contributed by atoms with van der Waals surface area (Å²) in [4.78, 5) is 15.7. The third-order valence-electron chi connectivity index (χ3n) is 5.95. The Balaban J connectivity index is 1.82. The molecule has 1 aliphatic rings. The SMILES string of the molecule is CN(C)S(=O)(=O)c1ccc2c(c1)cc(C(=O)N1CCCCCC1)n2Cc1ccccc1. The van der Waals surface area contributed by atoms with Gasteiger partial charge in [0.05, 0.1) is 4.90 Å². The van der Waals surface area contributed by atoms with Crippen LogP contribution in [0.2, 0.25) is 0 Å². The lowest BCUT2D eigenvalue weighted by Crippen LogP contribution is -2.33. The molecular weight excluding hydrogens is 410 g/mol. The maximum atomic E-state index is 13.5. The van der Waals surface area contributed by atoms with Crippen molar-refractivity contribution >= 4 is 26.8 Å². The maximum absolute atomic E-state index is 13.5. The molecular formula is C24H29N3O3S. The molecule has 31 heavy (non-hydrogen) atoms. The van der Waals surface area contributed by atoms with Gasteiger partial charge in [0.25, 0.3) is 5.91 Å². The second-order valence-corrected chi connectivity index (χ2v) is 10.5. The van der Waals surface area contributed by atoms with Gasteiger partial charge in [0, 0.05) is 44.6 Å². The van der Waals surface area contributed by atoms with Crippen molar-refractivity contribution in [2.45, 2.75) is 37.1 Å². The van der Waals surface area contributed by atoms with Crippen LogP contribution >= 0.6 is 0 Å².